The lowest BCUT2D eigenvalue weighted by Crippen LogP contribution is -2.54. The number of aromatic nitrogens is 4. The zero-order valence-electron chi connectivity index (χ0n) is 22.8. The Morgan fingerprint density at radius 1 is 0.952 bits per heavy atom. The molecule has 11 nitrogen and oxygen atoms in total. The van der Waals surface area contributed by atoms with Gasteiger partial charge in [0, 0.05) is 54.1 Å². The summed E-state index contributed by atoms with van der Waals surface area (Å²) >= 11 is 0. The number of rotatable bonds is 7. The minimum atomic E-state index is -0.965. The van der Waals surface area contributed by atoms with E-state index in [0.29, 0.717) is 17.9 Å². The fourth-order valence-corrected chi connectivity index (χ4v) is 6.55. The molecule has 4 amide bonds. The van der Waals surface area contributed by atoms with E-state index in [4.69, 9.17) is 10.1 Å². The van der Waals surface area contributed by atoms with Gasteiger partial charge in [0.05, 0.1) is 34.1 Å². The van der Waals surface area contributed by atoms with Gasteiger partial charge in [-0.25, -0.2) is 0 Å². The van der Waals surface area contributed by atoms with Crippen molar-refractivity contribution in [2.24, 2.45) is 5.92 Å². The van der Waals surface area contributed by atoms with E-state index in [1.54, 1.807) is 18.2 Å². The lowest BCUT2D eigenvalue weighted by atomic mass is 9.80. The van der Waals surface area contributed by atoms with Gasteiger partial charge in [0.2, 0.25) is 11.8 Å². The molecular weight excluding hydrogens is 534 g/mol. The number of carbonyl (C=O) groups excluding carboxylic acids is 4. The lowest BCUT2D eigenvalue weighted by Gasteiger charge is -2.35. The van der Waals surface area contributed by atoms with Gasteiger partial charge in [-0.3, -0.25) is 39.1 Å². The van der Waals surface area contributed by atoms with Crippen LogP contribution in [-0.2, 0) is 9.59 Å². The summed E-state index contributed by atoms with van der Waals surface area (Å²) in [5, 5.41) is 11.8. The van der Waals surface area contributed by atoms with Crippen LogP contribution in [0.1, 0.15) is 76.9 Å². The molecule has 1 unspecified atom stereocenters. The first-order valence-corrected chi connectivity index (χ1v) is 14.6. The minimum absolute atomic E-state index is 0.0978. The van der Waals surface area contributed by atoms with E-state index in [1.165, 1.54) is 12.8 Å². The highest BCUT2D eigenvalue weighted by atomic mass is 16.2. The van der Waals surface area contributed by atoms with Crippen molar-refractivity contribution in [3.8, 4) is 11.3 Å². The van der Waals surface area contributed by atoms with Gasteiger partial charge in [-0.1, -0.05) is 0 Å². The third-order valence-corrected chi connectivity index (χ3v) is 9.07. The SMILES string of the molecule is O=C1CCC(N2C(=O)c3ccc(NCC4CC(n5cc(-c6nccc7cc[nH]c67)c(C6CC6)n5)C4)cc3C2=O)C(=O)N1. The van der Waals surface area contributed by atoms with E-state index in [-0.39, 0.29) is 29.9 Å². The van der Waals surface area contributed by atoms with Crippen molar-refractivity contribution in [2.45, 2.75) is 56.5 Å². The second-order valence-corrected chi connectivity index (χ2v) is 11.9. The second-order valence-electron chi connectivity index (χ2n) is 11.9. The maximum atomic E-state index is 13.1. The monoisotopic (exact) mass is 563 g/mol. The average molecular weight is 564 g/mol. The molecular formula is C31H29N7O4. The van der Waals surface area contributed by atoms with Gasteiger partial charge in [0.25, 0.3) is 11.8 Å². The highest BCUT2D eigenvalue weighted by Crippen LogP contribution is 2.46. The van der Waals surface area contributed by atoms with Crippen LogP contribution in [0.5, 0.6) is 0 Å². The fraction of sp³-hybridized carbons (Fsp3) is 0.355. The molecule has 0 spiro atoms. The predicted octanol–water partition coefficient (Wildman–Crippen LogP) is 3.77. The van der Waals surface area contributed by atoms with Crippen molar-refractivity contribution in [3.63, 3.8) is 0 Å². The average Bonchev–Trinajstić information content (AvgIpc) is 3.43. The van der Waals surface area contributed by atoms with Crippen molar-refractivity contribution < 1.29 is 19.2 Å². The number of piperidine rings is 1. The number of imide groups is 2. The van der Waals surface area contributed by atoms with Crippen molar-refractivity contribution >= 4 is 40.2 Å². The molecule has 2 aliphatic heterocycles. The topological polar surface area (TPSA) is 142 Å². The summed E-state index contributed by atoms with van der Waals surface area (Å²) in [6.07, 6.45) is 10.5. The minimum Gasteiger partial charge on any atom is -0.385 e. The summed E-state index contributed by atoms with van der Waals surface area (Å²) in [6, 6.07) is 8.56. The number of benzene rings is 1. The maximum Gasteiger partial charge on any atom is 0.262 e. The molecule has 3 aromatic heterocycles. The number of amides is 4. The van der Waals surface area contributed by atoms with Gasteiger partial charge in [-0.2, -0.15) is 5.10 Å². The Morgan fingerprint density at radius 2 is 1.79 bits per heavy atom. The van der Waals surface area contributed by atoms with E-state index in [0.717, 1.165) is 57.8 Å². The fourth-order valence-electron chi connectivity index (χ4n) is 6.55. The highest BCUT2D eigenvalue weighted by molar-refractivity contribution is 6.23. The molecule has 1 atom stereocenters. The van der Waals surface area contributed by atoms with E-state index >= 15 is 0 Å². The summed E-state index contributed by atoms with van der Waals surface area (Å²) < 4.78 is 2.13. The van der Waals surface area contributed by atoms with E-state index in [2.05, 4.69) is 32.6 Å². The number of hydrogen-bond acceptors (Lipinski definition) is 7. The Balaban J connectivity index is 0.931. The Hall–Kier alpha value is -4.80. The van der Waals surface area contributed by atoms with Gasteiger partial charge < -0.3 is 10.3 Å². The Morgan fingerprint density at radius 3 is 2.60 bits per heavy atom. The number of anilines is 1. The molecule has 4 aromatic rings. The van der Waals surface area contributed by atoms with Crippen LogP contribution < -0.4 is 10.6 Å². The molecule has 212 valence electrons. The largest absolute Gasteiger partial charge is 0.385 e. The van der Waals surface area contributed by atoms with Crippen LogP contribution >= 0.6 is 0 Å². The van der Waals surface area contributed by atoms with Crippen LogP contribution in [0, 0.1) is 5.92 Å². The number of carbonyl (C=O) groups is 4. The van der Waals surface area contributed by atoms with Gasteiger partial charge in [-0.05, 0) is 68.4 Å². The number of nitrogens with zero attached hydrogens (tertiary/aromatic N) is 4. The summed E-state index contributed by atoms with van der Waals surface area (Å²) in [4.78, 5) is 59.0. The quantitative estimate of drug-likeness (QED) is 0.291. The van der Waals surface area contributed by atoms with Crippen molar-refractivity contribution in [1.82, 2.24) is 30.0 Å². The predicted molar refractivity (Wildman–Crippen MR) is 153 cm³/mol. The van der Waals surface area contributed by atoms with E-state index < -0.39 is 23.8 Å². The molecule has 3 fully saturated rings. The number of pyridine rings is 1. The smallest absolute Gasteiger partial charge is 0.262 e. The van der Waals surface area contributed by atoms with Crippen LogP contribution in [0.2, 0.25) is 0 Å². The molecule has 5 heterocycles. The van der Waals surface area contributed by atoms with Crippen LogP contribution in [0.25, 0.3) is 22.2 Å². The Labute approximate surface area is 240 Å². The number of nitrogens with one attached hydrogen (secondary N) is 3. The third kappa shape index (κ3) is 4.02. The number of fused-ring (bicyclic) bond motifs is 2. The molecule has 8 rings (SSSR count). The third-order valence-electron chi connectivity index (χ3n) is 9.07. The molecule has 1 aromatic carbocycles. The molecule has 2 aliphatic carbocycles. The standard InChI is InChI=1S/C31H29N7O4/c39-25-6-5-24(29(40)35-25)38-30(41)21-4-3-19(13-22(21)31(38)42)34-14-16-11-20(12-16)37-15-23(26(36-37)17-1-2-17)28-27-18(7-9-32-27)8-10-33-28/h3-4,7-10,13,15-17,20,24,32,34H,1-2,5-6,11-12,14H2,(H,35,39,40). The van der Waals surface area contributed by atoms with Crippen molar-refractivity contribution in [2.75, 3.05) is 11.9 Å². The molecule has 4 aliphatic rings. The first kappa shape index (κ1) is 25.0. The zero-order valence-corrected chi connectivity index (χ0v) is 22.8. The van der Waals surface area contributed by atoms with Crippen molar-refractivity contribution in [3.05, 3.63) is 65.7 Å². The Bertz CT molecular complexity index is 1800. The van der Waals surface area contributed by atoms with Crippen LogP contribution in [0.15, 0.2) is 48.9 Å². The van der Waals surface area contributed by atoms with Crippen LogP contribution in [0.3, 0.4) is 0 Å². The number of hydrogen-bond donors (Lipinski definition) is 3. The molecule has 0 radical (unpaired) electrons. The number of H-pyrrole nitrogens is 1. The van der Waals surface area contributed by atoms with Gasteiger partial charge in [-0.15, -0.1) is 0 Å². The number of aromatic amines is 1. The van der Waals surface area contributed by atoms with Crippen LogP contribution in [0.4, 0.5) is 5.69 Å². The summed E-state index contributed by atoms with van der Waals surface area (Å²) in [5.41, 5.74) is 5.60. The Kier molecular flexibility index (Phi) is 5.56. The van der Waals surface area contributed by atoms with E-state index in [9.17, 15) is 19.2 Å². The first-order chi connectivity index (χ1) is 20.4. The first-order valence-electron chi connectivity index (χ1n) is 14.6. The maximum absolute atomic E-state index is 13.1. The molecule has 42 heavy (non-hydrogen) atoms. The molecule has 0 bridgehead atoms. The van der Waals surface area contributed by atoms with Crippen LogP contribution in [-0.4, -0.2) is 60.9 Å². The van der Waals surface area contributed by atoms with Gasteiger partial charge in [0.1, 0.15) is 6.04 Å². The zero-order chi connectivity index (χ0) is 28.5. The lowest BCUT2D eigenvalue weighted by molar-refractivity contribution is -0.136. The highest BCUT2D eigenvalue weighted by Gasteiger charge is 2.44. The molecule has 11 heteroatoms. The molecule has 1 saturated heterocycles. The summed E-state index contributed by atoms with van der Waals surface area (Å²) in [7, 11) is 0. The molecule has 2 saturated carbocycles. The van der Waals surface area contributed by atoms with Crippen molar-refractivity contribution in [1.29, 1.82) is 0 Å². The summed E-state index contributed by atoms with van der Waals surface area (Å²) in [6.45, 7) is 0.737. The van der Waals surface area contributed by atoms with E-state index in [1.807, 2.05) is 18.5 Å². The second kappa shape index (κ2) is 9.37. The van der Waals surface area contributed by atoms with Gasteiger partial charge >= 0.3 is 0 Å². The van der Waals surface area contributed by atoms with Gasteiger partial charge in [0.15, 0.2) is 0 Å². The normalized spacial score (nSPS) is 23.7. The molecule has 3 N–H and O–H groups in total. The summed E-state index contributed by atoms with van der Waals surface area (Å²) in [5.74, 6) is -1.04.